The topological polar surface area (TPSA) is 86.2 Å². The Hall–Kier alpha value is -1.73. The molecule has 3 atom stereocenters. The predicted molar refractivity (Wildman–Crippen MR) is 66.7 cm³/mol. The van der Waals surface area contributed by atoms with Gasteiger partial charge in [0.2, 0.25) is 0 Å². The first kappa shape index (κ1) is 12.3. The number of nitrogens with two attached hydrogens (primary N) is 1. The van der Waals surface area contributed by atoms with E-state index in [0.29, 0.717) is 5.65 Å². The highest BCUT2D eigenvalue weighted by Crippen LogP contribution is 2.37. The fourth-order valence-electron chi connectivity index (χ4n) is 2.63. The Balaban J connectivity index is 2.09. The molecule has 0 aromatic carbocycles. The molecule has 0 aliphatic carbocycles. The largest absolute Gasteiger partial charge is 0.394 e. The number of aliphatic hydroxyl groups is 1. The third-order valence-corrected chi connectivity index (χ3v) is 3.52. The minimum Gasteiger partial charge on any atom is -0.394 e. The van der Waals surface area contributed by atoms with Crippen LogP contribution in [0.1, 0.15) is 19.6 Å². The number of hydrogen-bond donors (Lipinski definition) is 2. The summed E-state index contributed by atoms with van der Waals surface area (Å²) in [5.74, 6) is -0.190. The number of nitrogens with zero attached hydrogens (tertiary/aromatic N) is 3. The first-order valence-electron chi connectivity index (χ1n) is 6.14. The van der Waals surface area contributed by atoms with Crippen LogP contribution in [0.5, 0.6) is 0 Å². The summed E-state index contributed by atoms with van der Waals surface area (Å²) < 4.78 is 21.3. The first-order valence-corrected chi connectivity index (χ1v) is 6.14. The van der Waals surface area contributed by atoms with Gasteiger partial charge >= 0.3 is 0 Å². The van der Waals surface area contributed by atoms with Crippen molar-refractivity contribution < 1.29 is 14.2 Å². The monoisotopic (exact) mass is 266 g/mol. The summed E-state index contributed by atoms with van der Waals surface area (Å²) in [6.07, 6.45) is 2.79. The SMILES string of the molecule is C[C@H]1C[C@@H](CO)O[C@H]1n1cc(F)c2c(N)ncnc21. The van der Waals surface area contributed by atoms with Gasteiger partial charge in [-0.15, -0.1) is 0 Å². The number of ether oxygens (including phenoxy) is 1. The second kappa shape index (κ2) is 4.43. The van der Waals surface area contributed by atoms with Gasteiger partial charge in [0, 0.05) is 12.1 Å². The lowest BCUT2D eigenvalue weighted by Gasteiger charge is -2.17. The molecule has 1 aliphatic rings. The minimum absolute atomic E-state index is 0.0420. The molecule has 0 saturated carbocycles. The van der Waals surface area contributed by atoms with E-state index in [1.54, 1.807) is 4.57 Å². The predicted octanol–water partition coefficient (Wildman–Crippen LogP) is 1.07. The van der Waals surface area contributed by atoms with Crippen LogP contribution in [0.2, 0.25) is 0 Å². The van der Waals surface area contributed by atoms with Gasteiger partial charge in [0.25, 0.3) is 0 Å². The molecular weight excluding hydrogens is 251 g/mol. The Kier molecular flexibility index (Phi) is 2.87. The Morgan fingerprint density at radius 3 is 3.05 bits per heavy atom. The molecule has 2 aromatic heterocycles. The van der Waals surface area contributed by atoms with Gasteiger partial charge in [0.1, 0.15) is 18.4 Å². The molecule has 1 saturated heterocycles. The first-order chi connectivity index (χ1) is 9.11. The third kappa shape index (κ3) is 1.85. The zero-order valence-corrected chi connectivity index (χ0v) is 10.5. The normalized spacial score (nSPS) is 27.2. The Morgan fingerprint density at radius 2 is 2.37 bits per heavy atom. The maximum atomic E-state index is 13.9. The molecular formula is C12H15FN4O2. The van der Waals surface area contributed by atoms with Crippen molar-refractivity contribution >= 4 is 16.9 Å². The zero-order valence-electron chi connectivity index (χ0n) is 10.5. The molecule has 3 rings (SSSR count). The molecule has 1 aliphatic heterocycles. The van der Waals surface area contributed by atoms with Crippen molar-refractivity contribution in [2.24, 2.45) is 5.92 Å². The average Bonchev–Trinajstić information content (AvgIpc) is 2.91. The molecule has 0 amide bonds. The van der Waals surface area contributed by atoms with Crippen LogP contribution in [-0.4, -0.2) is 32.4 Å². The molecule has 1 fully saturated rings. The smallest absolute Gasteiger partial charge is 0.154 e. The standard InChI is InChI=1S/C12H15FN4O2/c1-6-2-7(4-18)19-12(6)17-3-8(13)9-10(14)15-5-16-11(9)17/h3,5-7,12,18H,2,4H2,1H3,(H2,14,15,16)/t6-,7-,12+/m0/s1. The molecule has 0 spiro atoms. The van der Waals surface area contributed by atoms with Gasteiger partial charge in [-0.25, -0.2) is 14.4 Å². The number of aliphatic hydroxyl groups excluding tert-OH is 1. The van der Waals surface area contributed by atoms with E-state index in [9.17, 15) is 4.39 Å². The molecule has 3 N–H and O–H groups in total. The van der Waals surface area contributed by atoms with Crippen LogP contribution in [0, 0.1) is 11.7 Å². The average molecular weight is 266 g/mol. The van der Waals surface area contributed by atoms with Crippen molar-refractivity contribution in [3.8, 4) is 0 Å². The minimum atomic E-state index is -0.462. The molecule has 6 nitrogen and oxygen atoms in total. The summed E-state index contributed by atoms with van der Waals surface area (Å²) in [6, 6.07) is 0. The molecule has 7 heteroatoms. The number of halogens is 1. The lowest BCUT2D eigenvalue weighted by atomic mass is 10.1. The van der Waals surface area contributed by atoms with E-state index in [4.69, 9.17) is 15.6 Å². The molecule has 0 radical (unpaired) electrons. The van der Waals surface area contributed by atoms with E-state index in [2.05, 4.69) is 9.97 Å². The van der Waals surface area contributed by atoms with Crippen molar-refractivity contribution in [1.82, 2.24) is 14.5 Å². The highest BCUT2D eigenvalue weighted by Gasteiger charge is 2.34. The van der Waals surface area contributed by atoms with Gasteiger partial charge in [0.15, 0.2) is 11.5 Å². The molecule has 0 bridgehead atoms. The fourth-order valence-corrected chi connectivity index (χ4v) is 2.63. The molecule has 19 heavy (non-hydrogen) atoms. The van der Waals surface area contributed by atoms with E-state index in [1.165, 1.54) is 12.5 Å². The number of fused-ring (bicyclic) bond motifs is 1. The lowest BCUT2D eigenvalue weighted by Crippen LogP contribution is -2.15. The van der Waals surface area contributed by atoms with E-state index >= 15 is 0 Å². The Bertz CT molecular complexity index is 615. The van der Waals surface area contributed by atoms with Crippen molar-refractivity contribution in [2.45, 2.75) is 25.7 Å². The Labute approximate surface area is 109 Å². The second-order valence-electron chi connectivity index (χ2n) is 4.89. The van der Waals surface area contributed by atoms with Crippen molar-refractivity contribution in [3.05, 3.63) is 18.3 Å². The van der Waals surface area contributed by atoms with Gasteiger partial charge in [-0.05, 0) is 6.42 Å². The summed E-state index contributed by atoms with van der Waals surface area (Å²) in [5, 5.41) is 9.37. The zero-order chi connectivity index (χ0) is 13.6. The Morgan fingerprint density at radius 1 is 1.58 bits per heavy atom. The van der Waals surface area contributed by atoms with E-state index in [0.717, 1.165) is 6.42 Å². The quantitative estimate of drug-likeness (QED) is 0.849. The van der Waals surface area contributed by atoms with Crippen LogP contribution in [0.4, 0.5) is 10.2 Å². The number of rotatable bonds is 2. The van der Waals surface area contributed by atoms with Gasteiger partial charge in [0.05, 0.1) is 18.1 Å². The molecule has 0 unspecified atom stereocenters. The van der Waals surface area contributed by atoms with Gasteiger partial charge in [-0.3, -0.25) is 0 Å². The van der Waals surface area contributed by atoms with Crippen molar-refractivity contribution in [1.29, 1.82) is 0 Å². The number of hydrogen-bond acceptors (Lipinski definition) is 5. The number of nitrogen functional groups attached to an aromatic ring is 1. The maximum Gasteiger partial charge on any atom is 0.154 e. The summed E-state index contributed by atoms with van der Waals surface area (Å²) in [6.45, 7) is 1.95. The van der Waals surface area contributed by atoms with Gasteiger partial charge in [-0.2, -0.15) is 0 Å². The second-order valence-corrected chi connectivity index (χ2v) is 4.89. The maximum absolute atomic E-state index is 13.9. The van der Waals surface area contributed by atoms with Crippen molar-refractivity contribution in [2.75, 3.05) is 12.3 Å². The number of anilines is 1. The molecule has 102 valence electrons. The van der Waals surface area contributed by atoms with Crippen LogP contribution in [0.3, 0.4) is 0 Å². The van der Waals surface area contributed by atoms with Gasteiger partial charge < -0.3 is 20.1 Å². The van der Waals surface area contributed by atoms with E-state index in [1.807, 2.05) is 6.92 Å². The fraction of sp³-hybridized carbons (Fsp3) is 0.500. The van der Waals surface area contributed by atoms with E-state index < -0.39 is 5.82 Å². The van der Waals surface area contributed by atoms with Crippen LogP contribution in [-0.2, 0) is 4.74 Å². The van der Waals surface area contributed by atoms with Gasteiger partial charge in [-0.1, -0.05) is 6.92 Å². The van der Waals surface area contributed by atoms with E-state index in [-0.39, 0.29) is 36.1 Å². The lowest BCUT2D eigenvalue weighted by molar-refractivity contribution is -0.0293. The highest BCUT2D eigenvalue weighted by atomic mass is 19.1. The summed E-state index contributed by atoms with van der Waals surface area (Å²) >= 11 is 0. The van der Waals surface area contributed by atoms with Crippen LogP contribution in [0.25, 0.3) is 11.0 Å². The third-order valence-electron chi connectivity index (χ3n) is 3.52. The van der Waals surface area contributed by atoms with Crippen LogP contribution in [0.15, 0.2) is 12.5 Å². The summed E-state index contributed by atoms with van der Waals surface area (Å²) in [4.78, 5) is 7.87. The number of aromatic nitrogens is 3. The van der Waals surface area contributed by atoms with Crippen molar-refractivity contribution in [3.63, 3.8) is 0 Å². The van der Waals surface area contributed by atoms with Crippen LogP contribution >= 0.6 is 0 Å². The van der Waals surface area contributed by atoms with Crippen LogP contribution < -0.4 is 5.73 Å². The molecule has 2 aromatic rings. The molecule has 3 heterocycles. The summed E-state index contributed by atoms with van der Waals surface area (Å²) in [5.41, 5.74) is 6.09. The summed E-state index contributed by atoms with van der Waals surface area (Å²) in [7, 11) is 0. The highest BCUT2D eigenvalue weighted by molar-refractivity contribution is 5.86.